The molecule has 29 heavy (non-hydrogen) atoms. The van der Waals surface area contributed by atoms with Crippen LogP contribution >= 0.6 is 0 Å². The maximum Gasteiger partial charge on any atom is 0.313 e. The molecule has 6 nitrogen and oxygen atoms in total. The van der Waals surface area contributed by atoms with Crippen LogP contribution in [-0.2, 0) is 19.9 Å². The zero-order chi connectivity index (χ0) is 20.4. The molecule has 2 aromatic rings. The van der Waals surface area contributed by atoms with Crippen LogP contribution in [0.4, 0.5) is 15.8 Å². The van der Waals surface area contributed by atoms with Crippen LogP contribution in [0.3, 0.4) is 0 Å². The van der Waals surface area contributed by atoms with Gasteiger partial charge in [-0.2, -0.15) is 0 Å². The Morgan fingerprint density at radius 3 is 2.48 bits per heavy atom. The molecule has 1 aliphatic carbocycles. The minimum atomic E-state index is -0.891. The van der Waals surface area contributed by atoms with Crippen LogP contribution in [0.5, 0.6) is 0 Å². The van der Waals surface area contributed by atoms with Gasteiger partial charge in [-0.3, -0.25) is 9.59 Å². The smallest absolute Gasteiger partial charge is 0.313 e. The van der Waals surface area contributed by atoms with E-state index >= 15 is 0 Å². The Bertz CT molecular complexity index is 937. The van der Waals surface area contributed by atoms with Gasteiger partial charge in [0.05, 0.1) is 11.2 Å². The van der Waals surface area contributed by atoms with Crippen molar-refractivity contribution in [1.29, 1.82) is 0 Å². The molecule has 0 spiro atoms. The Hall–Kier alpha value is -2.93. The van der Waals surface area contributed by atoms with Crippen molar-refractivity contribution < 1.29 is 18.7 Å². The van der Waals surface area contributed by atoms with E-state index in [1.54, 1.807) is 18.2 Å². The molecule has 0 bridgehead atoms. The zero-order valence-corrected chi connectivity index (χ0v) is 16.0. The van der Waals surface area contributed by atoms with Crippen molar-refractivity contribution in [2.75, 3.05) is 24.3 Å². The topological polar surface area (TPSA) is 93.5 Å². The fourth-order valence-corrected chi connectivity index (χ4v) is 3.82. The summed E-state index contributed by atoms with van der Waals surface area (Å²) < 4.78 is 19.8. The number of benzene rings is 2. The molecule has 1 aliphatic heterocycles. The first-order valence-electron chi connectivity index (χ1n) is 9.83. The van der Waals surface area contributed by atoms with E-state index < -0.39 is 23.2 Å². The maximum absolute atomic E-state index is 14.5. The van der Waals surface area contributed by atoms with Crippen molar-refractivity contribution in [2.24, 2.45) is 0 Å². The number of nitrogens with two attached hydrogens (primary N) is 1. The molecule has 1 heterocycles. The highest BCUT2D eigenvalue weighted by Gasteiger charge is 2.46. The van der Waals surface area contributed by atoms with Gasteiger partial charge in [0, 0.05) is 18.9 Å². The van der Waals surface area contributed by atoms with Gasteiger partial charge in [0.1, 0.15) is 5.82 Å². The van der Waals surface area contributed by atoms with Crippen molar-refractivity contribution >= 4 is 23.2 Å². The fourth-order valence-electron chi connectivity index (χ4n) is 3.82. The Morgan fingerprint density at radius 2 is 1.83 bits per heavy atom. The first-order valence-corrected chi connectivity index (χ1v) is 9.83. The van der Waals surface area contributed by atoms with Crippen LogP contribution in [0.1, 0.15) is 42.7 Å². The van der Waals surface area contributed by atoms with Crippen LogP contribution in [0.2, 0.25) is 0 Å². The van der Waals surface area contributed by atoms with Crippen LogP contribution in [0.15, 0.2) is 42.5 Å². The summed E-state index contributed by atoms with van der Waals surface area (Å²) >= 11 is 0. The van der Waals surface area contributed by atoms with Gasteiger partial charge in [0.2, 0.25) is 0 Å². The quantitative estimate of drug-likeness (QED) is 0.546. The lowest BCUT2D eigenvalue weighted by Gasteiger charge is -2.22. The molecule has 1 saturated carbocycles. The van der Waals surface area contributed by atoms with E-state index in [0.29, 0.717) is 18.9 Å². The van der Waals surface area contributed by atoms with Gasteiger partial charge in [0.25, 0.3) is 0 Å². The second kappa shape index (κ2) is 7.83. The van der Waals surface area contributed by atoms with Crippen LogP contribution in [-0.4, -0.2) is 25.0 Å². The number of nitrogen functional groups attached to an aromatic ring is 1. The monoisotopic (exact) mass is 397 g/mol. The average Bonchev–Trinajstić information content (AvgIpc) is 3.51. The van der Waals surface area contributed by atoms with E-state index in [2.05, 4.69) is 10.6 Å². The first kappa shape index (κ1) is 19.4. The maximum atomic E-state index is 14.5. The Morgan fingerprint density at radius 1 is 1.07 bits per heavy atom. The van der Waals surface area contributed by atoms with E-state index in [0.717, 1.165) is 36.8 Å². The number of amides is 2. The van der Waals surface area contributed by atoms with Crippen LogP contribution in [0.25, 0.3) is 0 Å². The number of ether oxygens (including phenoxy) is 1. The lowest BCUT2D eigenvalue weighted by molar-refractivity contribution is -0.136. The molecular weight excluding hydrogens is 373 g/mol. The Labute approximate surface area is 168 Å². The highest BCUT2D eigenvalue weighted by molar-refractivity contribution is 6.39. The first-order chi connectivity index (χ1) is 14.0. The molecule has 7 heteroatoms. The summed E-state index contributed by atoms with van der Waals surface area (Å²) in [6.45, 7) is 1.33. The molecule has 2 amide bonds. The molecular formula is C22H24FN3O3. The van der Waals surface area contributed by atoms with Crippen LogP contribution < -0.4 is 16.4 Å². The standard InChI is InChI=1S/C22H24FN3O3/c23-18-12-15(14-6-10-29-11-7-14)4-5-19(18)25-20(27)21(28)26-22(8-9-22)16-2-1-3-17(24)13-16/h1-5,12-14H,6-11,24H2,(H,25,27)(H,26,28). The van der Waals surface area contributed by atoms with Gasteiger partial charge >= 0.3 is 11.8 Å². The number of halogens is 1. The van der Waals surface area contributed by atoms with Crippen molar-refractivity contribution in [3.63, 3.8) is 0 Å². The molecule has 2 aromatic carbocycles. The highest BCUT2D eigenvalue weighted by Crippen LogP contribution is 2.45. The third kappa shape index (κ3) is 4.24. The summed E-state index contributed by atoms with van der Waals surface area (Å²) in [5.41, 5.74) is 7.58. The van der Waals surface area contributed by atoms with Gasteiger partial charge in [-0.05, 0) is 67.0 Å². The summed E-state index contributed by atoms with van der Waals surface area (Å²) in [5, 5.41) is 5.15. The van der Waals surface area contributed by atoms with Crippen molar-refractivity contribution in [2.45, 2.75) is 37.1 Å². The van der Waals surface area contributed by atoms with Gasteiger partial charge in [-0.15, -0.1) is 0 Å². The van der Waals surface area contributed by atoms with E-state index in [9.17, 15) is 14.0 Å². The number of hydrogen-bond acceptors (Lipinski definition) is 4. The molecule has 4 N–H and O–H groups in total. The molecule has 0 unspecified atom stereocenters. The van der Waals surface area contributed by atoms with Crippen molar-refractivity contribution in [3.05, 3.63) is 59.4 Å². The number of carbonyl (C=O) groups is 2. The third-order valence-corrected chi connectivity index (χ3v) is 5.68. The normalized spacial score (nSPS) is 18.1. The average molecular weight is 397 g/mol. The number of hydrogen-bond donors (Lipinski definition) is 3. The molecule has 0 aromatic heterocycles. The predicted octanol–water partition coefficient (Wildman–Crippen LogP) is 3.05. The number of rotatable bonds is 4. The zero-order valence-electron chi connectivity index (χ0n) is 16.0. The Balaban J connectivity index is 1.40. The van der Waals surface area contributed by atoms with E-state index in [1.165, 1.54) is 12.1 Å². The molecule has 4 rings (SSSR count). The summed E-state index contributed by atoms with van der Waals surface area (Å²) in [6.07, 6.45) is 3.15. The lowest BCUT2D eigenvalue weighted by Crippen LogP contribution is -2.42. The minimum Gasteiger partial charge on any atom is -0.399 e. The van der Waals surface area contributed by atoms with Gasteiger partial charge in [-0.25, -0.2) is 4.39 Å². The predicted molar refractivity (Wildman–Crippen MR) is 108 cm³/mol. The molecule has 0 atom stereocenters. The van der Waals surface area contributed by atoms with Gasteiger partial charge < -0.3 is 21.1 Å². The van der Waals surface area contributed by atoms with Crippen LogP contribution in [0, 0.1) is 5.82 Å². The third-order valence-electron chi connectivity index (χ3n) is 5.68. The number of carbonyl (C=O) groups excluding carboxylic acids is 2. The molecule has 1 saturated heterocycles. The summed E-state index contributed by atoms with van der Waals surface area (Å²) in [4.78, 5) is 24.7. The number of anilines is 2. The van der Waals surface area contributed by atoms with Gasteiger partial charge in [-0.1, -0.05) is 18.2 Å². The van der Waals surface area contributed by atoms with Gasteiger partial charge in [0.15, 0.2) is 0 Å². The SMILES string of the molecule is Nc1cccc(C2(NC(=O)C(=O)Nc3ccc(C4CCOCC4)cc3F)CC2)c1. The highest BCUT2D eigenvalue weighted by atomic mass is 19.1. The molecule has 152 valence electrons. The van der Waals surface area contributed by atoms with Crippen molar-refractivity contribution in [1.82, 2.24) is 5.32 Å². The molecule has 2 fully saturated rings. The number of nitrogens with one attached hydrogen (secondary N) is 2. The molecule has 0 radical (unpaired) electrons. The molecule has 2 aliphatic rings. The Kier molecular flexibility index (Phi) is 5.24. The summed E-state index contributed by atoms with van der Waals surface area (Å²) in [7, 11) is 0. The second-order valence-electron chi connectivity index (χ2n) is 7.74. The minimum absolute atomic E-state index is 0.00485. The van der Waals surface area contributed by atoms with Crippen molar-refractivity contribution in [3.8, 4) is 0 Å². The van der Waals surface area contributed by atoms with E-state index in [4.69, 9.17) is 10.5 Å². The second-order valence-corrected chi connectivity index (χ2v) is 7.74. The lowest BCUT2D eigenvalue weighted by atomic mass is 9.91. The largest absolute Gasteiger partial charge is 0.399 e. The fraction of sp³-hybridized carbons (Fsp3) is 0.364. The summed E-state index contributed by atoms with van der Waals surface area (Å²) in [5.74, 6) is -1.98. The summed E-state index contributed by atoms with van der Waals surface area (Å²) in [6, 6.07) is 12.0. The van der Waals surface area contributed by atoms with E-state index in [1.807, 2.05) is 12.1 Å². The van der Waals surface area contributed by atoms with E-state index in [-0.39, 0.29) is 11.6 Å².